The van der Waals surface area contributed by atoms with E-state index < -0.39 is 0 Å². The Hall–Kier alpha value is -0.0600. The van der Waals surface area contributed by atoms with Crippen molar-refractivity contribution < 1.29 is 4.52 Å². The Bertz CT molecular complexity index is 173. The standard InChI is InChI=1S/C5H6INO/c1-2-4-3-7-8-5(4)6/h3H,2H2,1H3. The van der Waals surface area contributed by atoms with E-state index in [0.29, 0.717) is 0 Å². The molecule has 0 bridgehead atoms. The zero-order valence-electron chi connectivity index (χ0n) is 4.52. The second kappa shape index (κ2) is 2.48. The average Bonchev–Trinajstić information content (AvgIpc) is 2.14. The van der Waals surface area contributed by atoms with Crippen LogP contribution in [-0.2, 0) is 6.42 Å². The van der Waals surface area contributed by atoms with Gasteiger partial charge in [0.05, 0.1) is 6.20 Å². The van der Waals surface area contributed by atoms with E-state index >= 15 is 0 Å². The highest BCUT2D eigenvalue weighted by molar-refractivity contribution is 14.1. The van der Waals surface area contributed by atoms with Crippen molar-refractivity contribution in [3.8, 4) is 0 Å². The van der Waals surface area contributed by atoms with E-state index in [9.17, 15) is 0 Å². The smallest absolute Gasteiger partial charge is 0.199 e. The molecule has 0 aliphatic carbocycles. The molecule has 0 saturated heterocycles. The lowest BCUT2D eigenvalue weighted by Crippen LogP contribution is -1.74. The number of hydrogen-bond acceptors (Lipinski definition) is 2. The maximum atomic E-state index is 4.79. The van der Waals surface area contributed by atoms with Gasteiger partial charge in [-0.15, -0.1) is 0 Å². The molecule has 1 heterocycles. The maximum Gasteiger partial charge on any atom is 0.199 e. The first-order chi connectivity index (χ1) is 3.84. The van der Waals surface area contributed by atoms with Crippen molar-refractivity contribution in [2.45, 2.75) is 13.3 Å². The van der Waals surface area contributed by atoms with Gasteiger partial charge < -0.3 is 4.52 Å². The van der Waals surface area contributed by atoms with Gasteiger partial charge in [-0.05, 0) is 6.42 Å². The summed E-state index contributed by atoms with van der Waals surface area (Å²) in [6.07, 6.45) is 2.75. The molecule has 0 unspecified atom stereocenters. The van der Waals surface area contributed by atoms with Gasteiger partial charge in [0.2, 0.25) is 0 Å². The van der Waals surface area contributed by atoms with Crippen LogP contribution in [0.3, 0.4) is 0 Å². The lowest BCUT2D eigenvalue weighted by molar-refractivity contribution is 0.396. The molecule has 44 valence electrons. The van der Waals surface area contributed by atoms with Crippen molar-refractivity contribution >= 4 is 22.6 Å². The van der Waals surface area contributed by atoms with Gasteiger partial charge in [0.1, 0.15) is 0 Å². The summed E-state index contributed by atoms with van der Waals surface area (Å²) in [6.45, 7) is 2.08. The van der Waals surface area contributed by atoms with Crippen molar-refractivity contribution in [3.05, 3.63) is 15.5 Å². The Kier molecular flexibility index (Phi) is 1.88. The molecule has 8 heavy (non-hydrogen) atoms. The molecule has 0 fully saturated rings. The Balaban J connectivity index is 2.92. The van der Waals surface area contributed by atoms with Crippen LogP contribution in [0.15, 0.2) is 10.7 Å². The summed E-state index contributed by atoms with van der Waals surface area (Å²) in [5.74, 6) is 0. The zero-order valence-corrected chi connectivity index (χ0v) is 6.68. The van der Waals surface area contributed by atoms with E-state index in [1.807, 2.05) is 0 Å². The molecule has 1 rings (SSSR count). The van der Waals surface area contributed by atoms with Crippen molar-refractivity contribution in [1.82, 2.24) is 5.16 Å². The molecule has 1 aromatic rings. The van der Waals surface area contributed by atoms with E-state index in [0.717, 1.165) is 10.2 Å². The molecule has 0 aliphatic rings. The number of nitrogens with zero attached hydrogens (tertiary/aromatic N) is 1. The largest absolute Gasteiger partial charge is 0.350 e. The van der Waals surface area contributed by atoms with Gasteiger partial charge >= 0.3 is 0 Å². The van der Waals surface area contributed by atoms with Crippen LogP contribution in [0.4, 0.5) is 0 Å². The minimum Gasteiger partial charge on any atom is -0.350 e. The summed E-state index contributed by atoms with van der Waals surface area (Å²) < 4.78 is 5.70. The molecule has 2 nitrogen and oxygen atoms in total. The molecule has 0 radical (unpaired) electrons. The number of rotatable bonds is 1. The van der Waals surface area contributed by atoms with Crippen molar-refractivity contribution in [1.29, 1.82) is 0 Å². The van der Waals surface area contributed by atoms with Crippen molar-refractivity contribution in [2.24, 2.45) is 0 Å². The maximum absolute atomic E-state index is 4.79. The molecule has 3 heteroatoms. The Labute approximate surface area is 61.4 Å². The fraction of sp³-hybridized carbons (Fsp3) is 0.400. The zero-order chi connectivity index (χ0) is 5.98. The van der Waals surface area contributed by atoms with Crippen LogP contribution < -0.4 is 0 Å². The lowest BCUT2D eigenvalue weighted by atomic mass is 10.3. The van der Waals surface area contributed by atoms with Gasteiger partial charge in [0.15, 0.2) is 3.77 Å². The lowest BCUT2D eigenvalue weighted by Gasteiger charge is -1.81. The van der Waals surface area contributed by atoms with Gasteiger partial charge in [-0.25, -0.2) is 0 Å². The molecule has 0 atom stereocenters. The Morgan fingerprint density at radius 1 is 1.88 bits per heavy atom. The van der Waals surface area contributed by atoms with Crippen LogP contribution in [-0.4, -0.2) is 5.16 Å². The molecular formula is C5H6INO. The third-order valence-corrected chi connectivity index (χ3v) is 1.86. The van der Waals surface area contributed by atoms with Crippen LogP contribution in [0.2, 0.25) is 0 Å². The monoisotopic (exact) mass is 223 g/mol. The van der Waals surface area contributed by atoms with Gasteiger partial charge in [0.25, 0.3) is 0 Å². The van der Waals surface area contributed by atoms with E-state index in [4.69, 9.17) is 4.52 Å². The summed E-state index contributed by atoms with van der Waals surface area (Å²) in [5, 5.41) is 3.61. The number of aryl methyl sites for hydroxylation is 1. The summed E-state index contributed by atoms with van der Waals surface area (Å²) in [7, 11) is 0. The van der Waals surface area contributed by atoms with Gasteiger partial charge in [0, 0.05) is 28.2 Å². The SMILES string of the molecule is CCc1cnoc1I. The van der Waals surface area contributed by atoms with Crippen LogP contribution >= 0.6 is 22.6 Å². The van der Waals surface area contributed by atoms with Gasteiger partial charge in [-0.1, -0.05) is 12.1 Å². The number of hydrogen-bond donors (Lipinski definition) is 0. The normalized spacial score (nSPS) is 9.75. The Morgan fingerprint density at radius 3 is 2.88 bits per heavy atom. The highest BCUT2D eigenvalue weighted by Gasteiger charge is 1.98. The van der Waals surface area contributed by atoms with Crippen LogP contribution in [0.5, 0.6) is 0 Å². The summed E-state index contributed by atoms with van der Waals surface area (Å²) in [4.78, 5) is 0. The third kappa shape index (κ3) is 1.02. The van der Waals surface area contributed by atoms with Crippen LogP contribution in [0.25, 0.3) is 0 Å². The highest BCUT2D eigenvalue weighted by atomic mass is 127. The molecule has 0 spiro atoms. The summed E-state index contributed by atoms with van der Waals surface area (Å²) in [5.41, 5.74) is 1.19. The fourth-order valence-corrected chi connectivity index (χ4v) is 1.11. The molecule has 0 aromatic carbocycles. The van der Waals surface area contributed by atoms with E-state index in [1.54, 1.807) is 6.20 Å². The van der Waals surface area contributed by atoms with E-state index in [-0.39, 0.29) is 0 Å². The predicted molar refractivity (Wildman–Crippen MR) is 38.6 cm³/mol. The second-order valence-electron chi connectivity index (χ2n) is 1.48. The molecule has 0 saturated carbocycles. The number of aromatic nitrogens is 1. The van der Waals surface area contributed by atoms with Crippen molar-refractivity contribution in [3.63, 3.8) is 0 Å². The fourth-order valence-electron chi connectivity index (χ4n) is 0.476. The topological polar surface area (TPSA) is 26.0 Å². The molecule has 1 aromatic heterocycles. The van der Waals surface area contributed by atoms with Crippen LogP contribution in [0.1, 0.15) is 12.5 Å². The Morgan fingerprint density at radius 2 is 2.62 bits per heavy atom. The minimum atomic E-state index is 0.908. The first-order valence-electron chi connectivity index (χ1n) is 2.43. The number of halogens is 1. The first-order valence-corrected chi connectivity index (χ1v) is 3.51. The van der Waals surface area contributed by atoms with Gasteiger partial charge in [-0.2, -0.15) is 0 Å². The highest BCUT2D eigenvalue weighted by Crippen LogP contribution is 2.09. The van der Waals surface area contributed by atoms with E-state index in [2.05, 4.69) is 34.7 Å². The van der Waals surface area contributed by atoms with E-state index in [1.165, 1.54) is 5.56 Å². The third-order valence-electron chi connectivity index (χ3n) is 0.975. The molecule has 0 N–H and O–H groups in total. The predicted octanol–water partition coefficient (Wildman–Crippen LogP) is 1.84. The molecule has 0 aliphatic heterocycles. The molecular weight excluding hydrogens is 217 g/mol. The first kappa shape index (κ1) is 6.07. The molecule has 0 amide bonds. The second-order valence-corrected chi connectivity index (χ2v) is 2.46. The van der Waals surface area contributed by atoms with Crippen molar-refractivity contribution in [2.75, 3.05) is 0 Å². The summed E-state index contributed by atoms with van der Waals surface area (Å²) >= 11 is 2.13. The average molecular weight is 223 g/mol. The van der Waals surface area contributed by atoms with Crippen LogP contribution in [0, 0.1) is 3.77 Å². The minimum absolute atomic E-state index is 0.908. The van der Waals surface area contributed by atoms with Gasteiger partial charge in [-0.3, -0.25) is 0 Å². The quantitative estimate of drug-likeness (QED) is 0.679. The summed E-state index contributed by atoms with van der Waals surface area (Å²) in [6, 6.07) is 0.